The van der Waals surface area contributed by atoms with E-state index in [2.05, 4.69) is 16.9 Å². The molecule has 6 heteroatoms. The number of amides is 1. The number of aromatic nitrogens is 2. The van der Waals surface area contributed by atoms with E-state index in [0.717, 1.165) is 40.9 Å². The zero-order valence-corrected chi connectivity index (χ0v) is 15.2. The Labute approximate surface area is 157 Å². The highest BCUT2D eigenvalue weighted by atomic mass is 16.7. The second-order valence-corrected chi connectivity index (χ2v) is 6.49. The topological polar surface area (TPSA) is 64.6 Å². The predicted octanol–water partition coefficient (Wildman–Crippen LogP) is 3.80. The largest absolute Gasteiger partial charge is 0.454 e. The molecule has 0 saturated carbocycles. The number of hydrogen-bond acceptors (Lipinski definition) is 5. The summed E-state index contributed by atoms with van der Waals surface area (Å²) in [6.07, 6.45) is 5.23. The van der Waals surface area contributed by atoms with E-state index in [9.17, 15) is 4.79 Å². The molecule has 6 nitrogen and oxygen atoms in total. The third kappa shape index (κ3) is 3.56. The van der Waals surface area contributed by atoms with Crippen molar-refractivity contribution in [2.24, 2.45) is 0 Å². The number of ether oxygens (including phenoxy) is 2. The molecule has 138 valence electrons. The summed E-state index contributed by atoms with van der Waals surface area (Å²) in [4.78, 5) is 23.6. The molecule has 1 aliphatic heterocycles. The molecule has 3 aromatic rings. The van der Waals surface area contributed by atoms with Gasteiger partial charge in [-0.1, -0.05) is 25.5 Å². The van der Waals surface area contributed by atoms with Gasteiger partial charge in [-0.3, -0.25) is 14.8 Å². The lowest BCUT2D eigenvalue weighted by molar-refractivity contribution is 0.0739. The maximum atomic E-state index is 13.2. The number of fused-ring (bicyclic) bond motifs is 2. The number of rotatable bonds is 6. The Kier molecular flexibility index (Phi) is 4.87. The standard InChI is InChI=1S/C21H21N3O3/c1-2-3-11-24(13-16-5-4-6-19-20(16)27-14-26-19)21(25)15-7-8-17-18(12-15)23-10-9-22-17/h4-10,12H,2-3,11,13-14H2,1H3. The maximum absolute atomic E-state index is 13.2. The first kappa shape index (κ1) is 17.3. The van der Waals surface area contributed by atoms with Crippen LogP contribution in [0, 0.1) is 0 Å². The smallest absolute Gasteiger partial charge is 0.254 e. The van der Waals surface area contributed by atoms with Crippen molar-refractivity contribution in [1.29, 1.82) is 0 Å². The van der Waals surface area contributed by atoms with Crippen LogP contribution >= 0.6 is 0 Å². The number of carbonyl (C=O) groups excluding carboxylic acids is 1. The van der Waals surface area contributed by atoms with E-state index < -0.39 is 0 Å². The van der Waals surface area contributed by atoms with Gasteiger partial charge in [-0.2, -0.15) is 0 Å². The van der Waals surface area contributed by atoms with Gasteiger partial charge < -0.3 is 14.4 Å². The Morgan fingerprint density at radius 1 is 1.11 bits per heavy atom. The molecule has 27 heavy (non-hydrogen) atoms. The molecule has 0 N–H and O–H groups in total. The van der Waals surface area contributed by atoms with Gasteiger partial charge in [0.25, 0.3) is 5.91 Å². The van der Waals surface area contributed by atoms with Crippen molar-refractivity contribution in [2.75, 3.05) is 13.3 Å². The lowest BCUT2D eigenvalue weighted by Crippen LogP contribution is -2.31. The number of benzene rings is 2. The molecule has 0 saturated heterocycles. The van der Waals surface area contributed by atoms with Gasteiger partial charge in [0, 0.05) is 36.6 Å². The fourth-order valence-electron chi connectivity index (χ4n) is 3.20. The average molecular weight is 363 g/mol. The van der Waals surface area contributed by atoms with E-state index in [1.54, 1.807) is 18.5 Å². The zero-order chi connectivity index (χ0) is 18.6. The molecule has 0 aliphatic carbocycles. The predicted molar refractivity (Wildman–Crippen MR) is 102 cm³/mol. The molecule has 2 heterocycles. The van der Waals surface area contributed by atoms with Crippen LogP contribution in [0.1, 0.15) is 35.7 Å². The highest BCUT2D eigenvalue weighted by molar-refractivity contribution is 5.97. The summed E-state index contributed by atoms with van der Waals surface area (Å²) in [6.45, 7) is 3.49. The normalized spacial score (nSPS) is 12.3. The van der Waals surface area contributed by atoms with E-state index in [0.29, 0.717) is 18.7 Å². The molecule has 0 spiro atoms. The molecule has 1 amide bonds. The fourth-order valence-corrected chi connectivity index (χ4v) is 3.20. The average Bonchev–Trinajstić information content (AvgIpc) is 3.20. The Hall–Kier alpha value is -3.15. The van der Waals surface area contributed by atoms with Gasteiger partial charge in [0.1, 0.15) is 0 Å². The quantitative estimate of drug-likeness (QED) is 0.666. The van der Waals surface area contributed by atoms with E-state index in [4.69, 9.17) is 9.47 Å². The molecule has 2 aromatic carbocycles. The van der Waals surface area contributed by atoms with Crippen molar-refractivity contribution >= 4 is 16.9 Å². The van der Waals surface area contributed by atoms with Gasteiger partial charge in [0.05, 0.1) is 11.0 Å². The van der Waals surface area contributed by atoms with Crippen molar-refractivity contribution in [1.82, 2.24) is 14.9 Å². The molecular weight excluding hydrogens is 342 g/mol. The van der Waals surface area contributed by atoms with Crippen molar-refractivity contribution in [3.63, 3.8) is 0 Å². The SMILES string of the molecule is CCCCN(Cc1cccc2c1OCO2)C(=O)c1ccc2nccnc2c1. The van der Waals surface area contributed by atoms with Gasteiger partial charge in [-0.05, 0) is 30.7 Å². The summed E-state index contributed by atoms with van der Waals surface area (Å²) >= 11 is 0. The zero-order valence-electron chi connectivity index (χ0n) is 15.2. The van der Waals surface area contributed by atoms with Crippen LogP contribution in [-0.2, 0) is 6.54 Å². The molecule has 4 rings (SSSR count). The third-order valence-electron chi connectivity index (χ3n) is 4.62. The van der Waals surface area contributed by atoms with Crippen LogP contribution in [-0.4, -0.2) is 34.1 Å². The van der Waals surface area contributed by atoms with Crippen LogP contribution in [0.25, 0.3) is 11.0 Å². The van der Waals surface area contributed by atoms with Gasteiger partial charge in [-0.15, -0.1) is 0 Å². The van der Waals surface area contributed by atoms with Gasteiger partial charge in [-0.25, -0.2) is 0 Å². The second kappa shape index (κ2) is 7.61. The molecule has 0 unspecified atom stereocenters. The molecule has 1 aromatic heterocycles. The molecule has 0 bridgehead atoms. The monoisotopic (exact) mass is 363 g/mol. The summed E-state index contributed by atoms with van der Waals surface area (Å²) < 4.78 is 11.1. The van der Waals surface area contributed by atoms with E-state index in [-0.39, 0.29) is 12.7 Å². The van der Waals surface area contributed by atoms with Crippen molar-refractivity contribution in [3.05, 3.63) is 59.9 Å². The number of nitrogens with zero attached hydrogens (tertiary/aromatic N) is 3. The Morgan fingerprint density at radius 2 is 1.96 bits per heavy atom. The summed E-state index contributed by atoms with van der Waals surface area (Å²) in [5, 5.41) is 0. The summed E-state index contributed by atoms with van der Waals surface area (Å²) in [5.41, 5.74) is 3.07. The molecule has 0 radical (unpaired) electrons. The first-order valence-electron chi connectivity index (χ1n) is 9.14. The Balaban J connectivity index is 1.62. The number of unbranched alkanes of at least 4 members (excludes halogenated alkanes) is 1. The number of carbonyl (C=O) groups is 1. The third-order valence-corrected chi connectivity index (χ3v) is 4.62. The van der Waals surface area contributed by atoms with Crippen molar-refractivity contribution < 1.29 is 14.3 Å². The van der Waals surface area contributed by atoms with E-state index in [1.165, 1.54) is 0 Å². The lowest BCUT2D eigenvalue weighted by Gasteiger charge is -2.23. The Bertz CT molecular complexity index is 974. The van der Waals surface area contributed by atoms with Crippen LogP contribution in [0.3, 0.4) is 0 Å². The molecule has 0 atom stereocenters. The van der Waals surface area contributed by atoms with Crippen LogP contribution < -0.4 is 9.47 Å². The first-order chi connectivity index (χ1) is 13.3. The van der Waals surface area contributed by atoms with Crippen molar-refractivity contribution in [2.45, 2.75) is 26.3 Å². The minimum atomic E-state index is -0.0208. The van der Waals surface area contributed by atoms with E-state index >= 15 is 0 Å². The number of para-hydroxylation sites is 1. The van der Waals surface area contributed by atoms with Crippen LogP contribution in [0.5, 0.6) is 11.5 Å². The van der Waals surface area contributed by atoms with Crippen LogP contribution in [0.4, 0.5) is 0 Å². The fraction of sp³-hybridized carbons (Fsp3) is 0.286. The first-order valence-corrected chi connectivity index (χ1v) is 9.14. The molecule has 1 aliphatic rings. The maximum Gasteiger partial charge on any atom is 0.254 e. The van der Waals surface area contributed by atoms with Gasteiger partial charge in [0.15, 0.2) is 11.5 Å². The molecule has 0 fully saturated rings. The van der Waals surface area contributed by atoms with Crippen LogP contribution in [0.2, 0.25) is 0 Å². The van der Waals surface area contributed by atoms with Crippen LogP contribution in [0.15, 0.2) is 48.8 Å². The van der Waals surface area contributed by atoms with Gasteiger partial charge in [0.2, 0.25) is 6.79 Å². The van der Waals surface area contributed by atoms with Crippen molar-refractivity contribution in [3.8, 4) is 11.5 Å². The van der Waals surface area contributed by atoms with E-state index in [1.807, 2.05) is 35.2 Å². The summed E-state index contributed by atoms with van der Waals surface area (Å²) in [5.74, 6) is 1.44. The highest BCUT2D eigenvalue weighted by Crippen LogP contribution is 2.36. The minimum Gasteiger partial charge on any atom is -0.454 e. The summed E-state index contributed by atoms with van der Waals surface area (Å²) in [7, 11) is 0. The minimum absolute atomic E-state index is 0.0208. The number of hydrogen-bond donors (Lipinski definition) is 0. The highest BCUT2D eigenvalue weighted by Gasteiger charge is 2.22. The second-order valence-electron chi connectivity index (χ2n) is 6.49. The van der Waals surface area contributed by atoms with Gasteiger partial charge >= 0.3 is 0 Å². The Morgan fingerprint density at radius 3 is 2.81 bits per heavy atom. The molecular formula is C21H21N3O3. The summed E-state index contributed by atoms with van der Waals surface area (Å²) in [6, 6.07) is 11.2. The lowest BCUT2D eigenvalue weighted by atomic mass is 10.1.